The summed E-state index contributed by atoms with van der Waals surface area (Å²) in [6.45, 7) is 0. The monoisotopic (exact) mass is 362 g/mol. The summed E-state index contributed by atoms with van der Waals surface area (Å²) in [5, 5.41) is 1.29. The Balaban J connectivity index is 3.22. The molecule has 96 valence electrons. The molecule has 2 rings (SSSR count). The van der Waals surface area contributed by atoms with Gasteiger partial charge < -0.3 is 11.5 Å². The first-order valence-electron chi connectivity index (χ1n) is 4.46. The fourth-order valence-electron chi connectivity index (χ4n) is 1.59. The molecule has 0 amide bonds. The minimum absolute atomic E-state index is 0.0836. The van der Waals surface area contributed by atoms with E-state index in [-0.39, 0.29) is 41.5 Å². The molecule has 0 atom stereocenters. The van der Waals surface area contributed by atoms with Crippen LogP contribution in [-0.2, 0) is 0 Å². The summed E-state index contributed by atoms with van der Waals surface area (Å²) in [6.07, 6.45) is 0. The molecule has 0 unspecified atom stereocenters. The number of halogens is 6. The number of hydrogen-bond acceptors (Lipinski definition) is 2. The molecule has 0 bridgehead atoms. The number of hydrogen-bond donors (Lipinski definition) is 2. The molecule has 8 heteroatoms. The zero-order valence-electron chi connectivity index (χ0n) is 8.42. The standard InChI is InChI=1S/C10H4Cl6N2/c11-3-1-2(4(12)6(14)5(3)13)10(18)8(16)7(15)9(1)17/h17-18H2. The van der Waals surface area contributed by atoms with Gasteiger partial charge in [-0.2, -0.15) is 0 Å². The maximum atomic E-state index is 6.09. The SMILES string of the molecule is Nc1c(Cl)c(Cl)c(N)c2c(Cl)c(Cl)c(Cl)c(Cl)c12. The number of nitrogen functional groups attached to an aromatic ring is 2. The third kappa shape index (κ3) is 1.87. The molecular weight excluding hydrogens is 361 g/mol. The fourth-order valence-corrected chi connectivity index (χ4v) is 3.04. The maximum absolute atomic E-state index is 6.09. The molecule has 0 saturated heterocycles. The van der Waals surface area contributed by atoms with Gasteiger partial charge in [0.05, 0.1) is 41.5 Å². The minimum atomic E-state index is 0.0836. The van der Waals surface area contributed by atoms with E-state index >= 15 is 0 Å². The normalized spacial score (nSPS) is 11.2. The van der Waals surface area contributed by atoms with E-state index in [2.05, 4.69) is 0 Å². The second-order valence-corrected chi connectivity index (χ2v) is 5.73. The molecule has 2 nitrogen and oxygen atoms in total. The lowest BCUT2D eigenvalue weighted by atomic mass is 10.1. The number of fused-ring (bicyclic) bond motifs is 1. The van der Waals surface area contributed by atoms with Crippen LogP contribution >= 0.6 is 69.6 Å². The van der Waals surface area contributed by atoms with Gasteiger partial charge in [0.2, 0.25) is 0 Å². The van der Waals surface area contributed by atoms with Gasteiger partial charge in [-0.05, 0) is 0 Å². The van der Waals surface area contributed by atoms with E-state index in [1.807, 2.05) is 0 Å². The van der Waals surface area contributed by atoms with E-state index < -0.39 is 0 Å². The third-order valence-corrected chi connectivity index (χ3v) is 5.16. The molecule has 0 aromatic heterocycles. The molecule has 2 aromatic rings. The molecule has 0 aliphatic rings. The zero-order valence-corrected chi connectivity index (χ0v) is 13.0. The highest BCUT2D eigenvalue weighted by Crippen LogP contribution is 2.51. The highest BCUT2D eigenvalue weighted by molar-refractivity contribution is 6.58. The summed E-state index contributed by atoms with van der Waals surface area (Å²) in [5.74, 6) is 0. The smallest absolute Gasteiger partial charge is 0.0849 e. The number of anilines is 2. The Morgan fingerprint density at radius 3 is 1.00 bits per heavy atom. The van der Waals surface area contributed by atoms with Crippen LogP contribution in [0.4, 0.5) is 11.4 Å². The molecule has 4 N–H and O–H groups in total. The van der Waals surface area contributed by atoms with Crippen LogP contribution in [0.25, 0.3) is 10.8 Å². The second kappa shape index (κ2) is 4.86. The van der Waals surface area contributed by atoms with E-state index in [1.165, 1.54) is 0 Å². The van der Waals surface area contributed by atoms with Gasteiger partial charge in [-0.15, -0.1) is 0 Å². The maximum Gasteiger partial charge on any atom is 0.0849 e. The van der Waals surface area contributed by atoms with Crippen molar-refractivity contribution >= 4 is 91.8 Å². The summed E-state index contributed by atoms with van der Waals surface area (Å²) >= 11 is 36.0. The van der Waals surface area contributed by atoms with Crippen LogP contribution in [0.3, 0.4) is 0 Å². The first-order valence-corrected chi connectivity index (χ1v) is 6.73. The lowest BCUT2D eigenvalue weighted by molar-refractivity contribution is 1.70. The molecule has 0 radical (unpaired) electrons. The van der Waals surface area contributed by atoms with Crippen molar-refractivity contribution in [2.24, 2.45) is 0 Å². The van der Waals surface area contributed by atoms with E-state index in [4.69, 9.17) is 81.1 Å². The van der Waals surface area contributed by atoms with Gasteiger partial charge in [0, 0.05) is 10.8 Å². The molecule has 0 aliphatic heterocycles. The molecule has 0 saturated carbocycles. The molecule has 0 spiro atoms. The molecule has 0 fully saturated rings. The van der Waals surface area contributed by atoms with E-state index in [1.54, 1.807) is 0 Å². The number of nitrogens with two attached hydrogens (primary N) is 2. The second-order valence-electron chi connectivity index (χ2n) is 3.46. The Kier molecular flexibility index (Phi) is 3.90. The van der Waals surface area contributed by atoms with E-state index in [0.29, 0.717) is 10.8 Å². The van der Waals surface area contributed by atoms with Crippen LogP contribution in [0, 0.1) is 0 Å². The van der Waals surface area contributed by atoms with Gasteiger partial charge in [0.25, 0.3) is 0 Å². The summed E-state index contributed by atoms with van der Waals surface area (Å²) in [7, 11) is 0. The van der Waals surface area contributed by atoms with Crippen LogP contribution < -0.4 is 11.5 Å². The van der Waals surface area contributed by atoms with Crippen LogP contribution in [0.15, 0.2) is 0 Å². The predicted octanol–water partition coefficient (Wildman–Crippen LogP) is 5.92. The van der Waals surface area contributed by atoms with Gasteiger partial charge in [-0.25, -0.2) is 0 Å². The average molecular weight is 365 g/mol. The fraction of sp³-hybridized carbons (Fsp3) is 0. The first-order chi connectivity index (χ1) is 8.29. The van der Waals surface area contributed by atoms with E-state index in [0.717, 1.165) is 0 Å². The Labute approximate surface area is 133 Å². The zero-order chi connectivity index (χ0) is 13.8. The molecule has 18 heavy (non-hydrogen) atoms. The Bertz CT molecular complexity index is 569. The Morgan fingerprint density at radius 2 is 0.722 bits per heavy atom. The lowest BCUT2D eigenvalue weighted by Gasteiger charge is -2.15. The largest absolute Gasteiger partial charge is 0.397 e. The van der Waals surface area contributed by atoms with Crippen LogP contribution in [-0.4, -0.2) is 0 Å². The molecular formula is C10H4Cl6N2. The average Bonchev–Trinajstić information content (AvgIpc) is 2.35. The summed E-state index contributed by atoms with van der Waals surface area (Å²) in [5.41, 5.74) is 12.0. The third-order valence-electron chi connectivity index (χ3n) is 2.47. The quantitative estimate of drug-likeness (QED) is 0.346. The van der Waals surface area contributed by atoms with Crippen LogP contribution in [0.5, 0.6) is 0 Å². The van der Waals surface area contributed by atoms with E-state index in [9.17, 15) is 0 Å². The van der Waals surface area contributed by atoms with Crippen LogP contribution in [0.1, 0.15) is 0 Å². The summed E-state index contributed by atoms with van der Waals surface area (Å²) in [4.78, 5) is 0. The molecule has 0 aliphatic carbocycles. The van der Waals surface area contributed by atoms with Crippen molar-refractivity contribution in [2.45, 2.75) is 0 Å². The van der Waals surface area contributed by atoms with Gasteiger partial charge in [-0.3, -0.25) is 0 Å². The molecule has 0 heterocycles. The number of rotatable bonds is 0. The van der Waals surface area contributed by atoms with Gasteiger partial charge in [0.1, 0.15) is 0 Å². The van der Waals surface area contributed by atoms with Crippen molar-refractivity contribution in [3.05, 3.63) is 30.1 Å². The van der Waals surface area contributed by atoms with Crippen molar-refractivity contribution < 1.29 is 0 Å². The molecule has 2 aromatic carbocycles. The minimum Gasteiger partial charge on any atom is -0.397 e. The Hall–Kier alpha value is 0.0400. The van der Waals surface area contributed by atoms with Gasteiger partial charge in [0.15, 0.2) is 0 Å². The van der Waals surface area contributed by atoms with Crippen LogP contribution in [0.2, 0.25) is 30.1 Å². The summed E-state index contributed by atoms with van der Waals surface area (Å²) < 4.78 is 0. The van der Waals surface area contributed by atoms with Crippen molar-refractivity contribution in [3.63, 3.8) is 0 Å². The number of benzene rings is 2. The first kappa shape index (κ1) is 14.4. The highest BCUT2D eigenvalue weighted by atomic mass is 35.5. The summed E-state index contributed by atoms with van der Waals surface area (Å²) in [6, 6.07) is 0. The van der Waals surface area contributed by atoms with Crippen molar-refractivity contribution in [3.8, 4) is 0 Å². The van der Waals surface area contributed by atoms with Gasteiger partial charge in [-0.1, -0.05) is 69.6 Å². The predicted molar refractivity (Wildman–Crippen MR) is 82.8 cm³/mol. The van der Waals surface area contributed by atoms with Crippen molar-refractivity contribution in [2.75, 3.05) is 11.5 Å². The van der Waals surface area contributed by atoms with Crippen molar-refractivity contribution in [1.29, 1.82) is 0 Å². The lowest BCUT2D eigenvalue weighted by Crippen LogP contribution is -1.98. The highest BCUT2D eigenvalue weighted by Gasteiger charge is 2.22. The topological polar surface area (TPSA) is 52.0 Å². The van der Waals surface area contributed by atoms with Crippen molar-refractivity contribution in [1.82, 2.24) is 0 Å². The Morgan fingerprint density at radius 1 is 0.444 bits per heavy atom. The van der Waals surface area contributed by atoms with Gasteiger partial charge >= 0.3 is 0 Å².